The van der Waals surface area contributed by atoms with Crippen LogP contribution >= 0.6 is 0 Å². The molecule has 136 valence electrons. The molecule has 0 aliphatic rings. The minimum Gasteiger partial charge on any atom is -0.370 e. The van der Waals surface area contributed by atoms with E-state index >= 15 is 0 Å². The molecule has 0 fully saturated rings. The first-order chi connectivity index (χ1) is 13.3. The summed E-state index contributed by atoms with van der Waals surface area (Å²) in [7, 11) is 0. The number of para-hydroxylation sites is 1. The number of benzene rings is 1. The average Bonchev–Trinajstić information content (AvgIpc) is 3.10. The topological polar surface area (TPSA) is 78.5 Å². The summed E-state index contributed by atoms with van der Waals surface area (Å²) in [5, 5.41) is 7.95. The van der Waals surface area contributed by atoms with E-state index in [1.807, 2.05) is 37.4 Å². The summed E-state index contributed by atoms with van der Waals surface area (Å²) in [4.78, 5) is 16.5. The highest BCUT2D eigenvalue weighted by Gasteiger charge is 2.05. The van der Waals surface area contributed by atoms with Crippen molar-refractivity contribution >= 4 is 22.7 Å². The van der Waals surface area contributed by atoms with Gasteiger partial charge in [0.15, 0.2) is 0 Å². The zero-order valence-corrected chi connectivity index (χ0v) is 15.2. The third-order valence-electron chi connectivity index (χ3n) is 4.40. The highest BCUT2D eigenvalue weighted by atomic mass is 15.1. The Kier molecular flexibility index (Phi) is 4.96. The molecule has 27 heavy (non-hydrogen) atoms. The van der Waals surface area contributed by atoms with Crippen LogP contribution in [0.2, 0.25) is 0 Å². The van der Waals surface area contributed by atoms with Crippen molar-refractivity contribution in [3.8, 4) is 0 Å². The monoisotopic (exact) mass is 358 g/mol. The van der Waals surface area contributed by atoms with Gasteiger partial charge in [0.2, 0.25) is 5.95 Å². The van der Waals surface area contributed by atoms with Gasteiger partial charge in [0.25, 0.3) is 0 Å². The summed E-state index contributed by atoms with van der Waals surface area (Å²) in [6.45, 7) is 3.42. The largest absolute Gasteiger partial charge is 0.370 e. The first-order valence-corrected chi connectivity index (χ1v) is 9.05. The van der Waals surface area contributed by atoms with E-state index in [-0.39, 0.29) is 0 Å². The molecule has 0 amide bonds. The quantitative estimate of drug-likeness (QED) is 0.466. The number of aromatic amines is 1. The summed E-state index contributed by atoms with van der Waals surface area (Å²) in [6.07, 6.45) is 6.61. The Hall–Kier alpha value is -3.41. The molecule has 0 saturated carbocycles. The molecule has 4 rings (SSSR count). The summed E-state index contributed by atoms with van der Waals surface area (Å²) >= 11 is 0. The fourth-order valence-corrected chi connectivity index (χ4v) is 3.09. The molecule has 0 atom stereocenters. The molecular weight excluding hydrogens is 336 g/mol. The number of aromatic nitrogens is 4. The van der Waals surface area contributed by atoms with E-state index < -0.39 is 0 Å². The van der Waals surface area contributed by atoms with Gasteiger partial charge in [0.05, 0.1) is 0 Å². The van der Waals surface area contributed by atoms with E-state index in [1.54, 1.807) is 6.20 Å². The Balaban J connectivity index is 1.38. The first kappa shape index (κ1) is 17.0. The van der Waals surface area contributed by atoms with E-state index in [0.29, 0.717) is 12.5 Å². The van der Waals surface area contributed by atoms with Crippen LogP contribution in [0, 0.1) is 6.92 Å². The van der Waals surface area contributed by atoms with E-state index in [4.69, 9.17) is 0 Å². The average molecular weight is 358 g/mol. The smallest absolute Gasteiger partial charge is 0.225 e. The number of aryl methyl sites for hydroxylation is 1. The van der Waals surface area contributed by atoms with Crippen molar-refractivity contribution in [2.75, 3.05) is 17.2 Å². The van der Waals surface area contributed by atoms with Gasteiger partial charge in [0, 0.05) is 54.3 Å². The van der Waals surface area contributed by atoms with Crippen LogP contribution in [0.5, 0.6) is 0 Å². The maximum Gasteiger partial charge on any atom is 0.225 e. The summed E-state index contributed by atoms with van der Waals surface area (Å²) in [5.74, 6) is 1.45. The highest BCUT2D eigenvalue weighted by molar-refractivity contribution is 5.83. The molecule has 0 spiro atoms. The van der Waals surface area contributed by atoms with Crippen molar-refractivity contribution in [1.82, 2.24) is 19.9 Å². The summed E-state index contributed by atoms with van der Waals surface area (Å²) in [5.41, 5.74) is 4.50. The lowest BCUT2D eigenvalue weighted by molar-refractivity contribution is 0.984. The second-order valence-corrected chi connectivity index (χ2v) is 6.47. The SMILES string of the molecule is Cc1cc(NCCc2c[nH]c3ccccc23)nc(NCc2cccnc2)n1. The van der Waals surface area contributed by atoms with Crippen molar-refractivity contribution in [3.63, 3.8) is 0 Å². The maximum absolute atomic E-state index is 4.57. The predicted octanol–water partition coefficient (Wildman–Crippen LogP) is 3.93. The van der Waals surface area contributed by atoms with E-state index in [9.17, 15) is 0 Å². The zero-order valence-electron chi connectivity index (χ0n) is 15.2. The Bertz CT molecular complexity index is 1030. The standard InChI is InChI=1S/C21H22N6/c1-15-11-20(27-21(26-15)25-13-16-5-4-9-22-12-16)23-10-8-17-14-24-19-7-3-2-6-18(17)19/h2-7,9,11-12,14,24H,8,10,13H2,1H3,(H2,23,25,26,27). The van der Waals surface area contributed by atoms with Crippen molar-refractivity contribution < 1.29 is 0 Å². The third-order valence-corrected chi connectivity index (χ3v) is 4.40. The van der Waals surface area contributed by atoms with Gasteiger partial charge in [-0.05, 0) is 36.6 Å². The number of hydrogen-bond acceptors (Lipinski definition) is 5. The minimum atomic E-state index is 0.619. The lowest BCUT2D eigenvalue weighted by Gasteiger charge is -2.10. The molecule has 3 aromatic heterocycles. The maximum atomic E-state index is 4.57. The van der Waals surface area contributed by atoms with Crippen molar-refractivity contribution in [2.45, 2.75) is 19.9 Å². The van der Waals surface area contributed by atoms with Gasteiger partial charge in [-0.1, -0.05) is 24.3 Å². The molecule has 0 saturated heterocycles. The molecule has 0 unspecified atom stereocenters. The van der Waals surface area contributed by atoms with Crippen LogP contribution in [-0.2, 0) is 13.0 Å². The number of nitrogens with zero attached hydrogens (tertiary/aromatic N) is 3. The molecule has 0 aliphatic carbocycles. The van der Waals surface area contributed by atoms with Gasteiger partial charge < -0.3 is 15.6 Å². The molecule has 0 aliphatic heterocycles. The Morgan fingerprint density at radius 2 is 1.96 bits per heavy atom. The summed E-state index contributed by atoms with van der Waals surface area (Å²) in [6, 6.07) is 14.3. The number of H-pyrrole nitrogens is 1. The number of hydrogen-bond donors (Lipinski definition) is 3. The van der Waals surface area contributed by atoms with Gasteiger partial charge in [0.1, 0.15) is 5.82 Å². The van der Waals surface area contributed by atoms with Crippen LogP contribution in [-0.4, -0.2) is 26.5 Å². The van der Waals surface area contributed by atoms with E-state index in [2.05, 4.69) is 55.0 Å². The first-order valence-electron chi connectivity index (χ1n) is 9.05. The molecule has 3 heterocycles. The van der Waals surface area contributed by atoms with Gasteiger partial charge in [-0.15, -0.1) is 0 Å². The normalized spacial score (nSPS) is 10.9. The second-order valence-electron chi connectivity index (χ2n) is 6.47. The van der Waals surface area contributed by atoms with Crippen molar-refractivity contribution in [3.05, 3.63) is 77.9 Å². The number of anilines is 2. The van der Waals surface area contributed by atoms with Gasteiger partial charge in [-0.3, -0.25) is 4.98 Å². The lowest BCUT2D eigenvalue weighted by atomic mass is 10.1. The molecule has 3 N–H and O–H groups in total. The number of fused-ring (bicyclic) bond motifs is 1. The Morgan fingerprint density at radius 1 is 1.04 bits per heavy atom. The van der Waals surface area contributed by atoms with Gasteiger partial charge in [-0.25, -0.2) is 4.98 Å². The van der Waals surface area contributed by atoms with Crippen LogP contribution in [0.15, 0.2) is 61.1 Å². The third kappa shape index (κ3) is 4.23. The summed E-state index contributed by atoms with van der Waals surface area (Å²) < 4.78 is 0. The highest BCUT2D eigenvalue weighted by Crippen LogP contribution is 2.18. The fraction of sp³-hybridized carbons (Fsp3) is 0.190. The van der Waals surface area contributed by atoms with Gasteiger partial charge >= 0.3 is 0 Å². The molecule has 1 aromatic carbocycles. The predicted molar refractivity (Wildman–Crippen MR) is 109 cm³/mol. The lowest BCUT2D eigenvalue weighted by Crippen LogP contribution is -2.10. The Labute approximate surface area is 158 Å². The molecule has 6 heteroatoms. The molecule has 0 bridgehead atoms. The fourth-order valence-electron chi connectivity index (χ4n) is 3.09. The molecule has 4 aromatic rings. The van der Waals surface area contributed by atoms with Crippen molar-refractivity contribution in [1.29, 1.82) is 0 Å². The molecule has 0 radical (unpaired) electrons. The van der Waals surface area contributed by atoms with Crippen LogP contribution < -0.4 is 10.6 Å². The Morgan fingerprint density at radius 3 is 2.85 bits per heavy atom. The second kappa shape index (κ2) is 7.86. The number of nitrogens with one attached hydrogen (secondary N) is 3. The van der Waals surface area contributed by atoms with Crippen LogP contribution in [0.4, 0.5) is 11.8 Å². The van der Waals surface area contributed by atoms with E-state index in [0.717, 1.165) is 30.0 Å². The number of rotatable bonds is 7. The van der Waals surface area contributed by atoms with Crippen molar-refractivity contribution in [2.24, 2.45) is 0 Å². The van der Waals surface area contributed by atoms with E-state index in [1.165, 1.54) is 16.5 Å². The minimum absolute atomic E-state index is 0.619. The van der Waals surface area contributed by atoms with Gasteiger partial charge in [-0.2, -0.15) is 4.98 Å². The molecular formula is C21H22N6. The van der Waals surface area contributed by atoms with Crippen LogP contribution in [0.1, 0.15) is 16.8 Å². The molecule has 6 nitrogen and oxygen atoms in total. The zero-order chi connectivity index (χ0) is 18.5. The van der Waals surface area contributed by atoms with Crippen LogP contribution in [0.3, 0.4) is 0 Å². The van der Waals surface area contributed by atoms with Crippen LogP contribution in [0.25, 0.3) is 10.9 Å². The number of pyridine rings is 1.